The molecule has 0 aliphatic carbocycles. The van der Waals surface area contributed by atoms with E-state index in [2.05, 4.69) is 54.7 Å². The number of thiophene rings is 1. The Morgan fingerprint density at radius 3 is 2.77 bits per heavy atom. The quantitative estimate of drug-likeness (QED) is 0.540. The Kier molecular flexibility index (Phi) is 8.43. The Morgan fingerprint density at radius 1 is 1.33 bits per heavy atom. The average Bonchev–Trinajstić information content (AvgIpc) is 3.32. The summed E-state index contributed by atoms with van der Waals surface area (Å²) in [5.74, 6) is -0.0790. The predicted octanol–water partition coefficient (Wildman–Crippen LogP) is 4.54. The Labute approximate surface area is 193 Å². The van der Waals surface area contributed by atoms with Crippen molar-refractivity contribution in [1.82, 2.24) is 25.4 Å². The number of hydrogen-bond donors (Lipinski definition) is 2. The van der Waals surface area contributed by atoms with Gasteiger partial charge in [-0.05, 0) is 51.9 Å². The molecule has 0 unspecified atom stereocenters. The van der Waals surface area contributed by atoms with Gasteiger partial charge in [0.05, 0.1) is 27.7 Å². The van der Waals surface area contributed by atoms with E-state index in [1.165, 1.54) is 10.5 Å². The lowest BCUT2D eigenvalue weighted by atomic mass is 10.1. The first kappa shape index (κ1) is 24.3. The van der Waals surface area contributed by atoms with Crippen molar-refractivity contribution in [1.29, 1.82) is 0 Å². The molecule has 6 nitrogen and oxygen atoms in total. The summed E-state index contributed by atoms with van der Waals surface area (Å²) in [5.41, 5.74) is 3.47. The van der Waals surface area contributed by atoms with Crippen molar-refractivity contribution in [2.45, 2.75) is 33.2 Å². The predicted molar refractivity (Wildman–Crippen MR) is 128 cm³/mol. The van der Waals surface area contributed by atoms with Gasteiger partial charge in [0, 0.05) is 24.0 Å². The fourth-order valence-corrected chi connectivity index (χ4v) is 4.23. The number of halogens is 2. The molecule has 4 heterocycles. The molecular weight excluding hydrogens is 441 g/mol. The third kappa shape index (κ3) is 5.03. The van der Waals surface area contributed by atoms with Gasteiger partial charge in [0.1, 0.15) is 0 Å². The lowest BCUT2D eigenvalue weighted by Gasteiger charge is -2.15. The molecule has 0 saturated heterocycles. The second-order valence-electron chi connectivity index (χ2n) is 7.38. The van der Waals surface area contributed by atoms with Crippen LogP contribution in [0.15, 0.2) is 36.0 Å². The van der Waals surface area contributed by atoms with E-state index in [0.29, 0.717) is 12.1 Å². The molecule has 0 spiro atoms. The minimum Gasteiger partial charge on any atom is -0.348 e. The zero-order chi connectivity index (χ0) is 19.7. The number of nitrogens with one attached hydrogen (secondary N) is 2. The Morgan fingerprint density at radius 2 is 2.13 bits per heavy atom. The summed E-state index contributed by atoms with van der Waals surface area (Å²) in [4.78, 5) is 20.2. The van der Waals surface area contributed by atoms with E-state index in [1.807, 2.05) is 10.7 Å². The number of amides is 1. The number of carbonyl (C=O) groups is 1. The van der Waals surface area contributed by atoms with Crippen molar-refractivity contribution in [2.24, 2.45) is 0 Å². The summed E-state index contributed by atoms with van der Waals surface area (Å²) in [7, 11) is 0. The molecule has 1 aliphatic heterocycles. The van der Waals surface area contributed by atoms with Crippen molar-refractivity contribution in [2.75, 3.05) is 19.6 Å². The molecule has 1 aliphatic rings. The Hall–Kier alpha value is -1.93. The first-order valence-electron chi connectivity index (χ1n) is 9.65. The van der Waals surface area contributed by atoms with Crippen molar-refractivity contribution in [3.63, 3.8) is 0 Å². The maximum Gasteiger partial charge on any atom is 0.252 e. The van der Waals surface area contributed by atoms with Crippen LogP contribution in [0, 0.1) is 6.92 Å². The van der Waals surface area contributed by atoms with Crippen LogP contribution in [0.2, 0.25) is 0 Å². The van der Waals surface area contributed by atoms with Crippen molar-refractivity contribution < 1.29 is 4.79 Å². The fraction of sp³-hybridized carbons (Fsp3) is 0.381. The normalized spacial score (nSPS) is 13.5. The largest absolute Gasteiger partial charge is 0.348 e. The summed E-state index contributed by atoms with van der Waals surface area (Å²) in [6.07, 6.45) is 4.88. The first-order valence-corrected chi connectivity index (χ1v) is 10.5. The molecule has 4 rings (SSSR count). The van der Waals surface area contributed by atoms with Crippen LogP contribution in [0.3, 0.4) is 0 Å². The molecule has 0 radical (unpaired) electrons. The molecule has 0 aromatic carbocycles. The van der Waals surface area contributed by atoms with E-state index in [9.17, 15) is 4.79 Å². The van der Waals surface area contributed by atoms with E-state index in [1.54, 1.807) is 17.5 Å². The summed E-state index contributed by atoms with van der Waals surface area (Å²) in [6.45, 7) is 8.62. The highest BCUT2D eigenvalue weighted by Crippen LogP contribution is 2.30. The third-order valence-electron chi connectivity index (χ3n) is 4.93. The molecule has 0 atom stereocenters. The van der Waals surface area contributed by atoms with Gasteiger partial charge >= 0.3 is 0 Å². The average molecular weight is 468 g/mol. The molecule has 2 N–H and O–H groups in total. The highest BCUT2D eigenvalue weighted by Gasteiger charge is 2.19. The molecule has 0 fully saturated rings. The Bertz CT molecular complexity index is 1060. The van der Waals surface area contributed by atoms with Crippen molar-refractivity contribution >= 4 is 53.1 Å². The van der Waals surface area contributed by atoms with E-state index in [0.717, 1.165) is 41.1 Å². The molecule has 9 heteroatoms. The molecule has 3 aromatic rings. The van der Waals surface area contributed by atoms with E-state index in [-0.39, 0.29) is 36.8 Å². The number of aryl methyl sites for hydroxylation is 1. The maximum atomic E-state index is 13.1. The molecule has 162 valence electrons. The number of aromatic nitrogens is 3. The monoisotopic (exact) mass is 467 g/mol. The summed E-state index contributed by atoms with van der Waals surface area (Å²) >= 11 is 1.68. The van der Waals surface area contributed by atoms with Crippen LogP contribution in [0.4, 0.5) is 0 Å². The SMILES string of the molecule is Cc1ccc(-c2cc(C(=O)NCC3=CCNCC3)c3cnn(C(C)C)c3n2)s1.Cl.Cl. The van der Waals surface area contributed by atoms with Crippen LogP contribution in [-0.4, -0.2) is 40.3 Å². The summed E-state index contributed by atoms with van der Waals surface area (Å²) in [6, 6.07) is 6.20. The topological polar surface area (TPSA) is 71.8 Å². The zero-order valence-corrected chi connectivity index (χ0v) is 19.7. The van der Waals surface area contributed by atoms with Crippen LogP contribution >= 0.6 is 36.2 Å². The minimum atomic E-state index is -0.0790. The summed E-state index contributed by atoms with van der Waals surface area (Å²) < 4.78 is 1.88. The van der Waals surface area contributed by atoms with Gasteiger partial charge in [0.2, 0.25) is 0 Å². The van der Waals surface area contributed by atoms with Gasteiger partial charge in [-0.15, -0.1) is 36.2 Å². The van der Waals surface area contributed by atoms with Crippen LogP contribution in [0.1, 0.15) is 41.5 Å². The van der Waals surface area contributed by atoms with E-state index >= 15 is 0 Å². The molecule has 0 saturated carbocycles. The third-order valence-corrected chi connectivity index (χ3v) is 5.95. The summed E-state index contributed by atoms with van der Waals surface area (Å²) in [5, 5.41) is 11.7. The fourth-order valence-electron chi connectivity index (χ4n) is 3.40. The van der Waals surface area contributed by atoms with E-state index < -0.39 is 0 Å². The van der Waals surface area contributed by atoms with Crippen LogP contribution in [0.5, 0.6) is 0 Å². The lowest BCUT2D eigenvalue weighted by Crippen LogP contribution is -2.29. The number of fused-ring (bicyclic) bond motifs is 1. The van der Waals surface area contributed by atoms with Gasteiger partial charge in [-0.25, -0.2) is 9.67 Å². The van der Waals surface area contributed by atoms with Gasteiger partial charge in [-0.2, -0.15) is 5.10 Å². The number of hydrogen-bond acceptors (Lipinski definition) is 5. The molecule has 30 heavy (non-hydrogen) atoms. The minimum absolute atomic E-state index is 0. The molecule has 0 bridgehead atoms. The number of carbonyl (C=O) groups excluding carboxylic acids is 1. The van der Waals surface area contributed by atoms with Crippen molar-refractivity contribution in [3.8, 4) is 10.6 Å². The standard InChI is InChI=1S/C21H25N5OS.2ClH/c1-13(2)26-20-17(12-24-26)16(10-18(25-20)19-5-4-14(3)28-19)21(27)23-11-15-6-8-22-9-7-15;;/h4-6,10,12-13,22H,7-9,11H2,1-3H3,(H,23,27);2*1H. The van der Waals surface area contributed by atoms with Crippen molar-refractivity contribution in [3.05, 3.63) is 46.5 Å². The second kappa shape index (κ2) is 10.4. The van der Waals surface area contributed by atoms with Gasteiger partial charge in [0.15, 0.2) is 5.65 Å². The van der Waals surface area contributed by atoms with Crippen LogP contribution in [0.25, 0.3) is 21.6 Å². The van der Waals surface area contributed by atoms with Crippen LogP contribution in [-0.2, 0) is 0 Å². The second-order valence-corrected chi connectivity index (χ2v) is 8.67. The number of rotatable bonds is 5. The first-order chi connectivity index (χ1) is 13.5. The zero-order valence-electron chi connectivity index (χ0n) is 17.3. The number of nitrogens with zero attached hydrogens (tertiary/aromatic N) is 3. The maximum absolute atomic E-state index is 13.1. The van der Waals surface area contributed by atoms with Gasteiger partial charge in [0.25, 0.3) is 5.91 Å². The van der Waals surface area contributed by atoms with Gasteiger partial charge in [-0.3, -0.25) is 4.79 Å². The molecular formula is C21H27Cl2N5OS. The Balaban J connectivity index is 0.00000160. The highest BCUT2D eigenvalue weighted by molar-refractivity contribution is 7.15. The molecule has 3 aromatic heterocycles. The van der Waals surface area contributed by atoms with Gasteiger partial charge < -0.3 is 10.6 Å². The van der Waals surface area contributed by atoms with Crippen LogP contribution < -0.4 is 10.6 Å². The molecule has 1 amide bonds. The van der Waals surface area contributed by atoms with Gasteiger partial charge in [-0.1, -0.05) is 11.6 Å². The number of pyridine rings is 1. The smallest absolute Gasteiger partial charge is 0.252 e. The highest BCUT2D eigenvalue weighted by atomic mass is 35.5. The lowest BCUT2D eigenvalue weighted by molar-refractivity contribution is 0.0958. The van der Waals surface area contributed by atoms with E-state index in [4.69, 9.17) is 4.98 Å².